The molecule has 0 aromatic carbocycles. The third-order valence-corrected chi connectivity index (χ3v) is 3.77. The average molecular weight is 248 g/mol. The molecular weight excluding hydrogens is 232 g/mol. The summed E-state index contributed by atoms with van der Waals surface area (Å²) in [7, 11) is 1.84. The molecule has 6 nitrogen and oxygen atoms in total. The van der Waals surface area contributed by atoms with Crippen LogP contribution in [-0.2, 0) is 7.05 Å². The van der Waals surface area contributed by atoms with Crippen LogP contribution in [0.3, 0.4) is 0 Å². The van der Waals surface area contributed by atoms with E-state index >= 15 is 0 Å². The van der Waals surface area contributed by atoms with Crippen LogP contribution in [-0.4, -0.2) is 19.5 Å². The van der Waals surface area contributed by atoms with Crippen LogP contribution >= 0.6 is 0 Å². The van der Waals surface area contributed by atoms with Gasteiger partial charge in [-0.3, -0.25) is 14.8 Å². The number of aromatic nitrogens is 4. The standard InChI is InChI=1S/C12H16N4O2/c1-16-8-9(14-12(18)15-11(8)17)13-10(16)7-5-3-2-4-6-7/h7H,2-6H2,1H3,(H2,14,15,17,18). The number of aromatic amines is 2. The van der Waals surface area contributed by atoms with Gasteiger partial charge in [0.25, 0.3) is 5.56 Å². The molecule has 0 unspecified atom stereocenters. The van der Waals surface area contributed by atoms with E-state index in [1.807, 2.05) is 11.6 Å². The van der Waals surface area contributed by atoms with E-state index < -0.39 is 5.69 Å². The van der Waals surface area contributed by atoms with Crippen LogP contribution in [0.25, 0.3) is 11.2 Å². The van der Waals surface area contributed by atoms with E-state index in [1.54, 1.807) is 0 Å². The minimum Gasteiger partial charge on any atom is -0.325 e. The van der Waals surface area contributed by atoms with Crippen molar-refractivity contribution in [3.63, 3.8) is 0 Å². The van der Waals surface area contributed by atoms with Crippen molar-refractivity contribution >= 4 is 11.2 Å². The molecule has 1 saturated carbocycles. The second kappa shape index (κ2) is 4.12. The zero-order chi connectivity index (χ0) is 12.7. The van der Waals surface area contributed by atoms with Gasteiger partial charge in [0.15, 0.2) is 11.2 Å². The minimum atomic E-state index is -0.499. The molecule has 1 fully saturated rings. The Morgan fingerprint density at radius 1 is 1.17 bits per heavy atom. The fourth-order valence-electron chi connectivity index (χ4n) is 2.89. The molecule has 0 aliphatic heterocycles. The average Bonchev–Trinajstić information content (AvgIpc) is 2.67. The molecule has 2 heterocycles. The van der Waals surface area contributed by atoms with Crippen molar-refractivity contribution in [3.05, 3.63) is 26.7 Å². The Hall–Kier alpha value is -1.85. The molecule has 0 bridgehead atoms. The summed E-state index contributed by atoms with van der Waals surface area (Å²) >= 11 is 0. The quantitative estimate of drug-likeness (QED) is 0.789. The van der Waals surface area contributed by atoms with Crippen molar-refractivity contribution in [2.45, 2.75) is 38.0 Å². The molecule has 0 atom stereocenters. The van der Waals surface area contributed by atoms with Gasteiger partial charge < -0.3 is 4.57 Å². The Kier molecular flexibility index (Phi) is 2.57. The number of aryl methyl sites for hydroxylation is 1. The van der Waals surface area contributed by atoms with E-state index in [-0.39, 0.29) is 5.56 Å². The van der Waals surface area contributed by atoms with Crippen molar-refractivity contribution in [2.24, 2.45) is 7.05 Å². The van der Waals surface area contributed by atoms with Crippen LogP contribution < -0.4 is 11.2 Å². The Morgan fingerprint density at radius 2 is 1.89 bits per heavy atom. The van der Waals surface area contributed by atoms with E-state index in [9.17, 15) is 9.59 Å². The van der Waals surface area contributed by atoms with Gasteiger partial charge >= 0.3 is 5.69 Å². The van der Waals surface area contributed by atoms with Crippen LogP contribution in [0.15, 0.2) is 9.59 Å². The summed E-state index contributed by atoms with van der Waals surface area (Å²) in [5.74, 6) is 1.32. The van der Waals surface area contributed by atoms with Crippen LogP contribution in [0.5, 0.6) is 0 Å². The van der Waals surface area contributed by atoms with E-state index in [0.29, 0.717) is 17.1 Å². The first-order valence-electron chi connectivity index (χ1n) is 6.36. The SMILES string of the molecule is Cn1c(C2CCCCC2)nc2[nH]c(=O)[nH]c(=O)c21. The number of imidazole rings is 1. The highest BCUT2D eigenvalue weighted by Crippen LogP contribution is 2.32. The number of hydrogen-bond donors (Lipinski definition) is 2. The maximum atomic E-state index is 11.8. The summed E-state index contributed by atoms with van der Waals surface area (Å²) in [6.45, 7) is 0. The highest BCUT2D eigenvalue weighted by atomic mass is 16.2. The normalized spacial score (nSPS) is 17.4. The highest BCUT2D eigenvalue weighted by molar-refractivity contribution is 5.69. The third kappa shape index (κ3) is 1.68. The van der Waals surface area contributed by atoms with Crippen molar-refractivity contribution in [2.75, 3.05) is 0 Å². The Bertz CT molecular complexity index is 688. The molecule has 6 heteroatoms. The van der Waals surface area contributed by atoms with E-state index in [1.165, 1.54) is 19.3 Å². The maximum Gasteiger partial charge on any atom is 0.327 e. The first kappa shape index (κ1) is 11.3. The first-order chi connectivity index (χ1) is 8.66. The van der Waals surface area contributed by atoms with Gasteiger partial charge in [-0.25, -0.2) is 9.78 Å². The topological polar surface area (TPSA) is 83.5 Å². The summed E-state index contributed by atoms with van der Waals surface area (Å²) in [6, 6.07) is 0. The van der Waals surface area contributed by atoms with Crippen LogP contribution in [0, 0.1) is 0 Å². The molecule has 2 N–H and O–H groups in total. The lowest BCUT2D eigenvalue weighted by Gasteiger charge is -2.20. The Morgan fingerprint density at radius 3 is 2.61 bits per heavy atom. The second-order valence-corrected chi connectivity index (χ2v) is 4.97. The lowest BCUT2D eigenvalue weighted by Crippen LogP contribution is -2.23. The number of fused-ring (bicyclic) bond motifs is 1. The minimum absolute atomic E-state index is 0.370. The van der Waals surface area contributed by atoms with E-state index in [2.05, 4.69) is 15.0 Å². The van der Waals surface area contributed by atoms with E-state index in [4.69, 9.17) is 0 Å². The molecule has 1 aliphatic carbocycles. The molecular formula is C12H16N4O2. The molecule has 1 aliphatic rings. The first-order valence-corrected chi connectivity index (χ1v) is 6.36. The van der Waals surface area contributed by atoms with Crippen LogP contribution in [0.1, 0.15) is 43.8 Å². The highest BCUT2D eigenvalue weighted by Gasteiger charge is 2.22. The van der Waals surface area contributed by atoms with Crippen molar-refractivity contribution < 1.29 is 0 Å². The van der Waals surface area contributed by atoms with Crippen LogP contribution in [0.4, 0.5) is 0 Å². The molecule has 2 aromatic heterocycles. The summed E-state index contributed by atoms with van der Waals surface area (Å²) in [6.07, 6.45) is 5.91. The van der Waals surface area contributed by atoms with Crippen molar-refractivity contribution in [3.8, 4) is 0 Å². The third-order valence-electron chi connectivity index (χ3n) is 3.77. The number of nitrogens with one attached hydrogen (secondary N) is 2. The lowest BCUT2D eigenvalue weighted by atomic mass is 9.89. The van der Waals surface area contributed by atoms with Gasteiger partial charge in [-0.2, -0.15) is 0 Å². The van der Waals surface area contributed by atoms with Crippen LogP contribution in [0.2, 0.25) is 0 Å². The Balaban J connectivity index is 2.19. The summed E-state index contributed by atoms with van der Waals surface area (Å²) in [4.78, 5) is 32.3. The monoisotopic (exact) mass is 248 g/mol. The zero-order valence-electron chi connectivity index (χ0n) is 10.3. The predicted octanol–water partition coefficient (Wildman–Crippen LogP) is 0.998. The number of rotatable bonds is 1. The summed E-state index contributed by atoms with van der Waals surface area (Å²) in [5, 5.41) is 0. The molecule has 2 aromatic rings. The van der Waals surface area contributed by atoms with Gasteiger partial charge in [0.1, 0.15) is 5.82 Å². The fourth-order valence-corrected chi connectivity index (χ4v) is 2.89. The molecule has 96 valence electrons. The maximum absolute atomic E-state index is 11.8. The van der Waals surface area contributed by atoms with Crippen molar-refractivity contribution in [1.82, 2.24) is 19.5 Å². The van der Waals surface area contributed by atoms with Gasteiger partial charge in [0.2, 0.25) is 0 Å². The fraction of sp³-hybridized carbons (Fsp3) is 0.583. The summed E-state index contributed by atoms with van der Waals surface area (Å²) in [5.41, 5.74) is -0.0198. The molecule has 0 radical (unpaired) electrons. The van der Waals surface area contributed by atoms with Gasteiger partial charge in [0, 0.05) is 13.0 Å². The van der Waals surface area contributed by atoms with E-state index in [0.717, 1.165) is 18.7 Å². The van der Waals surface area contributed by atoms with Gasteiger partial charge in [-0.15, -0.1) is 0 Å². The Labute approximate surface area is 103 Å². The molecule has 0 amide bonds. The zero-order valence-corrected chi connectivity index (χ0v) is 10.3. The lowest BCUT2D eigenvalue weighted by molar-refractivity contribution is 0.422. The number of hydrogen-bond acceptors (Lipinski definition) is 3. The largest absolute Gasteiger partial charge is 0.327 e. The number of H-pyrrole nitrogens is 2. The molecule has 0 saturated heterocycles. The smallest absolute Gasteiger partial charge is 0.325 e. The molecule has 18 heavy (non-hydrogen) atoms. The van der Waals surface area contributed by atoms with Gasteiger partial charge in [-0.1, -0.05) is 19.3 Å². The second-order valence-electron chi connectivity index (χ2n) is 4.97. The van der Waals surface area contributed by atoms with Gasteiger partial charge in [0.05, 0.1) is 0 Å². The molecule has 3 rings (SSSR count). The van der Waals surface area contributed by atoms with Crippen molar-refractivity contribution in [1.29, 1.82) is 0 Å². The predicted molar refractivity (Wildman–Crippen MR) is 67.8 cm³/mol. The van der Waals surface area contributed by atoms with Gasteiger partial charge in [-0.05, 0) is 12.8 Å². The summed E-state index contributed by atoms with van der Waals surface area (Å²) < 4.78 is 1.82. The number of nitrogens with zero attached hydrogens (tertiary/aromatic N) is 2. The molecule has 0 spiro atoms.